The minimum absolute atomic E-state index is 0.0315. The van der Waals surface area contributed by atoms with Crippen molar-refractivity contribution < 1.29 is 14.7 Å². The van der Waals surface area contributed by atoms with Gasteiger partial charge in [-0.15, -0.1) is 0 Å². The molecule has 0 radical (unpaired) electrons. The molecular formula is C22H21N5O3. The Bertz CT molecular complexity index is 1120. The van der Waals surface area contributed by atoms with E-state index < -0.39 is 0 Å². The molecule has 0 bridgehead atoms. The van der Waals surface area contributed by atoms with Gasteiger partial charge in [-0.25, -0.2) is 4.79 Å². The first-order chi connectivity index (χ1) is 14.6. The Morgan fingerprint density at radius 1 is 1.10 bits per heavy atom. The molecule has 2 aromatic heterocycles. The highest BCUT2D eigenvalue weighted by Gasteiger charge is 2.32. The van der Waals surface area contributed by atoms with Crippen LogP contribution in [0.15, 0.2) is 48.8 Å². The highest BCUT2D eigenvalue weighted by Crippen LogP contribution is 2.42. The molecule has 5 rings (SSSR count). The van der Waals surface area contributed by atoms with Crippen molar-refractivity contribution in [1.29, 1.82) is 0 Å². The van der Waals surface area contributed by atoms with E-state index in [2.05, 4.69) is 20.7 Å². The van der Waals surface area contributed by atoms with Crippen molar-refractivity contribution in [3.8, 4) is 17.0 Å². The molecule has 3 N–H and O–H groups in total. The summed E-state index contributed by atoms with van der Waals surface area (Å²) in [6.45, 7) is 0. The average Bonchev–Trinajstić information content (AvgIpc) is 3.69. The van der Waals surface area contributed by atoms with Gasteiger partial charge < -0.3 is 15.7 Å². The van der Waals surface area contributed by atoms with Crippen LogP contribution < -0.4 is 10.6 Å². The summed E-state index contributed by atoms with van der Waals surface area (Å²) in [4.78, 5) is 29.0. The van der Waals surface area contributed by atoms with Crippen LogP contribution in [-0.2, 0) is 0 Å². The number of phenolic OH excluding ortho intramolecular Hbond substituents is 1. The number of carbonyl (C=O) groups is 2. The third-order valence-corrected chi connectivity index (χ3v) is 5.28. The molecule has 2 amide bonds. The molecule has 8 nitrogen and oxygen atoms in total. The molecule has 1 aromatic carbocycles. The summed E-state index contributed by atoms with van der Waals surface area (Å²) in [5.41, 5.74) is 2.76. The van der Waals surface area contributed by atoms with Crippen molar-refractivity contribution in [3.05, 3.63) is 60.0 Å². The Labute approximate surface area is 172 Å². The van der Waals surface area contributed by atoms with Crippen molar-refractivity contribution in [2.75, 3.05) is 5.32 Å². The van der Waals surface area contributed by atoms with Crippen molar-refractivity contribution in [2.45, 2.75) is 37.6 Å². The molecule has 0 atom stereocenters. The molecule has 0 saturated heterocycles. The van der Waals surface area contributed by atoms with Gasteiger partial charge in [-0.2, -0.15) is 9.78 Å². The summed E-state index contributed by atoms with van der Waals surface area (Å²) in [6.07, 6.45) is 7.13. The monoisotopic (exact) mass is 403 g/mol. The molecule has 0 aliphatic heterocycles. The zero-order chi connectivity index (χ0) is 20.7. The number of phenols is 1. The number of anilines is 1. The van der Waals surface area contributed by atoms with E-state index in [1.807, 2.05) is 6.07 Å². The Morgan fingerprint density at radius 3 is 2.63 bits per heavy atom. The van der Waals surface area contributed by atoms with E-state index in [9.17, 15) is 14.7 Å². The molecule has 2 saturated carbocycles. The molecule has 2 heterocycles. The van der Waals surface area contributed by atoms with Crippen LogP contribution in [0.1, 0.15) is 47.7 Å². The standard InChI is InChI=1S/C22H21N5O3/c28-20-8-7-16(24-21(29)14-2-1-9-23-12-14)10-17(20)18-11-19(13-3-4-13)27(26-18)22(30)25-15-5-6-15/h1-2,7-13,15,28H,3-6H2,(H,24,29)(H,25,30). The van der Waals surface area contributed by atoms with Crippen molar-refractivity contribution in [2.24, 2.45) is 0 Å². The van der Waals surface area contributed by atoms with Crippen molar-refractivity contribution in [3.63, 3.8) is 0 Å². The summed E-state index contributed by atoms with van der Waals surface area (Å²) >= 11 is 0. The lowest BCUT2D eigenvalue weighted by atomic mass is 10.1. The summed E-state index contributed by atoms with van der Waals surface area (Å²) in [6, 6.07) is 10.0. The molecule has 0 spiro atoms. The number of benzene rings is 1. The van der Waals surface area contributed by atoms with Crippen LogP contribution in [0.3, 0.4) is 0 Å². The van der Waals surface area contributed by atoms with Gasteiger partial charge in [0.15, 0.2) is 0 Å². The van der Waals surface area contributed by atoms with Gasteiger partial charge in [-0.3, -0.25) is 9.78 Å². The van der Waals surface area contributed by atoms with E-state index in [1.165, 1.54) is 16.9 Å². The topological polar surface area (TPSA) is 109 Å². The van der Waals surface area contributed by atoms with Gasteiger partial charge in [0.05, 0.1) is 17.0 Å². The highest BCUT2D eigenvalue weighted by molar-refractivity contribution is 6.04. The molecule has 152 valence electrons. The van der Waals surface area contributed by atoms with E-state index >= 15 is 0 Å². The van der Waals surface area contributed by atoms with E-state index in [4.69, 9.17) is 0 Å². The number of carbonyl (C=O) groups excluding carboxylic acids is 2. The lowest BCUT2D eigenvalue weighted by Crippen LogP contribution is -2.32. The second kappa shape index (κ2) is 7.29. The van der Waals surface area contributed by atoms with Crippen molar-refractivity contribution in [1.82, 2.24) is 20.1 Å². The first-order valence-electron chi connectivity index (χ1n) is 10.0. The van der Waals surface area contributed by atoms with Gasteiger partial charge in [-0.1, -0.05) is 0 Å². The van der Waals surface area contributed by atoms with E-state index in [1.54, 1.807) is 30.5 Å². The summed E-state index contributed by atoms with van der Waals surface area (Å²) < 4.78 is 1.42. The third kappa shape index (κ3) is 3.76. The molecule has 0 unspecified atom stereocenters. The molecule has 3 aromatic rings. The fourth-order valence-corrected chi connectivity index (χ4v) is 3.34. The average molecular weight is 403 g/mol. The van der Waals surface area contributed by atoms with Gasteiger partial charge >= 0.3 is 6.03 Å². The molecular weight excluding hydrogens is 382 g/mol. The smallest absolute Gasteiger partial charge is 0.342 e. The summed E-state index contributed by atoms with van der Waals surface area (Å²) in [5.74, 6) is 0.0449. The predicted molar refractivity (Wildman–Crippen MR) is 110 cm³/mol. The molecule has 2 aliphatic carbocycles. The zero-order valence-corrected chi connectivity index (χ0v) is 16.2. The number of nitrogens with one attached hydrogen (secondary N) is 2. The number of hydrogen-bond acceptors (Lipinski definition) is 5. The number of rotatable bonds is 5. The second-order valence-corrected chi connectivity index (χ2v) is 7.79. The van der Waals surface area contributed by atoms with Gasteiger partial charge in [0.1, 0.15) is 5.75 Å². The van der Waals surface area contributed by atoms with Crippen LogP contribution in [0.5, 0.6) is 5.75 Å². The molecule has 2 aliphatic rings. The number of amides is 2. The lowest BCUT2D eigenvalue weighted by molar-refractivity contribution is 0.102. The fraction of sp³-hybridized carbons (Fsp3) is 0.273. The number of nitrogens with zero attached hydrogens (tertiary/aromatic N) is 3. The number of hydrogen-bond donors (Lipinski definition) is 3. The quantitative estimate of drug-likeness (QED) is 0.565. The van der Waals surface area contributed by atoms with E-state index in [0.717, 1.165) is 31.4 Å². The Kier molecular flexibility index (Phi) is 4.46. The zero-order valence-electron chi connectivity index (χ0n) is 16.2. The third-order valence-electron chi connectivity index (χ3n) is 5.28. The molecule has 8 heteroatoms. The van der Waals surface area contributed by atoms with Gasteiger partial charge in [0.2, 0.25) is 0 Å². The van der Waals surface area contributed by atoms with Gasteiger partial charge in [0, 0.05) is 35.6 Å². The fourth-order valence-electron chi connectivity index (χ4n) is 3.34. The maximum atomic E-state index is 12.6. The van der Waals surface area contributed by atoms with Gasteiger partial charge in [-0.05, 0) is 62.1 Å². The largest absolute Gasteiger partial charge is 0.507 e. The minimum Gasteiger partial charge on any atom is -0.507 e. The SMILES string of the molecule is O=C(Nc1ccc(O)c(-c2cc(C3CC3)n(C(=O)NC3CC3)n2)c1)c1cccnc1. The van der Waals surface area contributed by atoms with Crippen LogP contribution in [0.4, 0.5) is 10.5 Å². The normalized spacial score (nSPS) is 15.6. The van der Waals surface area contributed by atoms with Crippen LogP contribution >= 0.6 is 0 Å². The summed E-state index contributed by atoms with van der Waals surface area (Å²) in [7, 11) is 0. The van der Waals surface area contributed by atoms with Crippen LogP contribution in [0.25, 0.3) is 11.3 Å². The number of pyridine rings is 1. The summed E-state index contributed by atoms with van der Waals surface area (Å²) in [5, 5.41) is 20.7. The van der Waals surface area contributed by atoms with E-state index in [-0.39, 0.29) is 23.7 Å². The number of aromatic nitrogens is 3. The lowest BCUT2D eigenvalue weighted by Gasteiger charge is -2.08. The maximum absolute atomic E-state index is 12.6. The molecule has 2 fully saturated rings. The Balaban J connectivity index is 1.44. The number of aromatic hydroxyl groups is 1. The predicted octanol–water partition coefficient (Wildman–Crippen LogP) is 3.50. The van der Waals surface area contributed by atoms with E-state index in [0.29, 0.717) is 28.4 Å². The van der Waals surface area contributed by atoms with Crippen LogP contribution in [0, 0.1) is 0 Å². The minimum atomic E-state index is -0.298. The first kappa shape index (κ1) is 18.4. The van der Waals surface area contributed by atoms with Gasteiger partial charge in [0.25, 0.3) is 5.91 Å². The molecule has 30 heavy (non-hydrogen) atoms. The van der Waals surface area contributed by atoms with Crippen LogP contribution in [0.2, 0.25) is 0 Å². The first-order valence-corrected chi connectivity index (χ1v) is 10.0. The van der Waals surface area contributed by atoms with Crippen molar-refractivity contribution >= 4 is 17.6 Å². The highest BCUT2D eigenvalue weighted by atomic mass is 16.3. The Hall–Kier alpha value is -3.68. The maximum Gasteiger partial charge on any atom is 0.342 e. The Morgan fingerprint density at radius 2 is 1.93 bits per heavy atom. The second-order valence-electron chi connectivity index (χ2n) is 7.79. The van der Waals surface area contributed by atoms with Crippen LogP contribution in [-0.4, -0.2) is 37.9 Å².